The van der Waals surface area contributed by atoms with Gasteiger partial charge in [0.05, 0.1) is 23.2 Å². The molecule has 8 nitrogen and oxygen atoms in total. The van der Waals surface area contributed by atoms with Crippen molar-refractivity contribution < 1.29 is 18.5 Å². The zero-order chi connectivity index (χ0) is 69.6. The largest absolute Gasteiger partial charge is 0.569 e. The third-order valence-electron chi connectivity index (χ3n) is 20.7. The summed E-state index contributed by atoms with van der Waals surface area (Å²) in [5, 5.41) is 9.88. The molecular formula is C94H65BClN6O2+2. The highest BCUT2D eigenvalue weighted by Crippen LogP contribution is 2.58. The lowest BCUT2D eigenvalue weighted by atomic mass is 9.67. The monoisotopic (exact) mass is 1360 g/mol. The van der Waals surface area contributed by atoms with Gasteiger partial charge in [-0.05, 0) is 172 Å². The van der Waals surface area contributed by atoms with E-state index in [1.54, 1.807) is 6.20 Å². The summed E-state index contributed by atoms with van der Waals surface area (Å²) in [6.07, 6.45) is 11.6. The second kappa shape index (κ2) is 26.8. The van der Waals surface area contributed by atoms with Gasteiger partial charge in [-0.25, -0.2) is 9.97 Å². The lowest BCUT2D eigenvalue weighted by Gasteiger charge is -2.34. The summed E-state index contributed by atoms with van der Waals surface area (Å²) < 4.78 is 9.70. The van der Waals surface area contributed by atoms with Gasteiger partial charge in [-0.1, -0.05) is 272 Å². The third kappa shape index (κ3) is 10.8. The molecule has 20 rings (SSSR count). The van der Waals surface area contributed by atoms with E-state index in [1.165, 1.54) is 77.9 Å². The van der Waals surface area contributed by atoms with Crippen molar-refractivity contribution in [2.24, 2.45) is 0 Å². The molecule has 0 unspecified atom stereocenters. The van der Waals surface area contributed by atoms with Crippen molar-refractivity contribution >= 4 is 52.6 Å². The lowest BCUT2D eigenvalue weighted by Crippen LogP contribution is -2.28. The average Bonchev–Trinajstić information content (AvgIpc) is 1.53. The number of nitrogens with one attached hydrogen (secondary N) is 2. The van der Waals surface area contributed by atoms with Crippen LogP contribution in [0.1, 0.15) is 44.5 Å². The highest BCUT2D eigenvalue weighted by Gasteiger charge is 2.48. The first kappa shape index (κ1) is 63.2. The Morgan fingerprint density at radius 2 is 0.721 bits per heavy atom. The number of hydrogen-bond acceptors (Lipinski definition) is 4. The summed E-state index contributed by atoms with van der Waals surface area (Å²) in [4.78, 5) is 15.8. The van der Waals surface area contributed by atoms with Crippen LogP contribution in [-0.2, 0) is 10.8 Å². The van der Waals surface area contributed by atoms with Gasteiger partial charge in [-0.3, -0.25) is 9.97 Å². The van der Waals surface area contributed by atoms with Crippen molar-refractivity contribution in [3.05, 3.63) is 426 Å². The van der Waals surface area contributed by atoms with E-state index in [4.69, 9.17) is 21.3 Å². The summed E-state index contributed by atoms with van der Waals surface area (Å²) in [7, 11) is 0.733. The number of pyridine rings is 4. The molecule has 0 fully saturated rings. The second-order valence-corrected chi connectivity index (χ2v) is 26.7. The van der Waals surface area contributed by atoms with Crippen LogP contribution < -0.4 is 13.5 Å². The van der Waals surface area contributed by atoms with E-state index in [-0.39, 0.29) is 0 Å². The molecule has 0 saturated carbocycles. The van der Waals surface area contributed by atoms with Crippen LogP contribution in [0.4, 0.5) is 0 Å². The van der Waals surface area contributed by atoms with Crippen molar-refractivity contribution in [3.63, 3.8) is 0 Å². The Balaban J connectivity index is 0.000000121. The number of halogens is 1. The lowest BCUT2D eigenvalue weighted by molar-refractivity contribution is -0.481. The molecule has 0 bridgehead atoms. The van der Waals surface area contributed by atoms with Crippen LogP contribution in [-0.4, -0.2) is 32.6 Å². The van der Waals surface area contributed by atoms with Crippen molar-refractivity contribution in [2.45, 2.75) is 10.8 Å². The number of hydrogen-bond donors (Lipinski definition) is 3. The molecule has 10 heteroatoms. The van der Waals surface area contributed by atoms with Crippen molar-refractivity contribution in [1.82, 2.24) is 19.9 Å². The molecule has 6 heterocycles. The van der Waals surface area contributed by atoms with E-state index in [0.717, 1.165) is 90.6 Å². The molecule has 6 aromatic heterocycles. The number of rotatable bonds is 11. The average molecular weight is 1360 g/mol. The number of aromatic amines is 2. The van der Waals surface area contributed by atoms with Gasteiger partial charge in [0, 0.05) is 59.1 Å². The number of fused-ring (bicyclic) bond motifs is 12. The highest BCUT2D eigenvalue weighted by atomic mass is 35.5. The number of imidazole rings is 2. The number of nitrogens with zero attached hydrogens (tertiary/aromatic N) is 4. The Hall–Kier alpha value is -13.0. The topological polar surface area (TPSA) is 95.0 Å². The van der Waals surface area contributed by atoms with Gasteiger partial charge in [0.2, 0.25) is 0 Å². The SMILES string of the molecule is Clc1cc(-c2ccc(-c3cccnc3)cc2)c2[nH]c3cccc[n+]3c2c1.O[B]Oc1ccc2c(c1)C(c1ccccc1)(c1ccccc1)c1ccccc1-2.c1ccc(C2(c3ccccc3)c3ccccc3-c3ccc(-c4cc(-c5ccc(-c6cccnc6)cc5)c5[nH]c6cccc[n+]6c5c4)cc32)cc1. The fourth-order valence-corrected chi connectivity index (χ4v) is 16.4. The molecule has 0 aliphatic heterocycles. The van der Waals surface area contributed by atoms with E-state index >= 15 is 0 Å². The Bertz CT molecular complexity index is 6100. The van der Waals surface area contributed by atoms with E-state index in [9.17, 15) is 0 Å². The first-order valence-corrected chi connectivity index (χ1v) is 35.2. The Morgan fingerprint density at radius 1 is 0.317 bits per heavy atom. The summed E-state index contributed by atoms with van der Waals surface area (Å²) in [5.41, 5.74) is 32.0. The first-order chi connectivity index (χ1) is 51.4. The summed E-state index contributed by atoms with van der Waals surface area (Å²) in [6.45, 7) is 0. The number of aromatic nitrogens is 6. The van der Waals surface area contributed by atoms with Crippen molar-refractivity contribution in [3.8, 4) is 83.6 Å². The Morgan fingerprint density at radius 3 is 1.19 bits per heavy atom. The molecule has 0 spiro atoms. The van der Waals surface area contributed by atoms with E-state index in [0.29, 0.717) is 5.75 Å². The Labute approximate surface area is 608 Å². The molecular weight excluding hydrogens is 1290 g/mol. The maximum absolute atomic E-state index is 9.16. The van der Waals surface area contributed by atoms with Gasteiger partial charge in [0.1, 0.15) is 5.75 Å². The molecule has 2 aliphatic rings. The molecule has 104 heavy (non-hydrogen) atoms. The molecule has 0 saturated heterocycles. The molecule has 12 aromatic carbocycles. The zero-order valence-electron chi connectivity index (χ0n) is 56.4. The van der Waals surface area contributed by atoms with Gasteiger partial charge >= 0.3 is 7.69 Å². The quantitative estimate of drug-likeness (QED) is 0.0888. The molecule has 3 N–H and O–H groups in total. The molecule has 2 aliphatic carbocycles. The maximum Gasteiger partial charge on any atom is 0.569 e. The van der Waals surface area contributed by atoms with Crippen molar-refractivity contribution in [1.29, 1.82) is 0 Å². The molecule has 0 atom stereocenters. The third-order valence-corrected chi connectivity index (χ3v) is 21.0. The van der Waals surface area contributed by atoms with Crippen LogP contribution in [0, 0.1) is 0 Å². The Kier molecular flexibility index (Phi) is 16.3. The van der Waals surface area contributed by atoms with Gasteiger partial charge < -0.3 is 9.68 Å². The van der Waals surface area contributed by atoms with E-state index < -0.39 is 10.8 Å². The molecule has 0 amide bonds. The van der Waals surface area contributed by atoms with E-state index in [1.807, 2.05) is 85.5 Å². The van der Waals surface area contributed by atoms with Gasteiger partial charge in [0.15, 0.2) is 22.1 Å². The predicted molar refractivity (Wildman–Crippen MR) is 420 cm³/mol. The summed E-state index contributed by atoms with van der Waals surface area (Å²) in [5.74, 6) is 0.616. The van der Waals surface area contributed by atoms with Gasteiger partial charge in [0.25, 0.3) is 11.3 Å². The molecule has 491 valence electrons. The normalized spacial score (nSPS) is 12.7. The van der Waals surface area contributed by atoms with Crippen LogP contribution in [0.3, 0.4) is 0 Å². The van der Waals surface area contributed by atoms with Gasteiger partial charge in [-0.2, -0.15) is 8.80 Å². The van der Waals surface area contributed by atoms with Crippen LogP contribution in [0.5, 0.6) is 5.75 Å². The molecule has 18 aromatic rings. The van der Waals surface area contributed by atoms with Crippen LogP contribution in [0.15, 0.2) is 377 Å². The standard InChI is InChI=1S/C47H31N3.C25H18BO2.C22H14ClN3/c1-3-13-37(14-4-1)47(38-15-5-2-6-16-38)42-18-8-7-17-39(42)40-25-24-34(29-43(40)47)36-28-41(46-44(30-36)50-27-10-9-19-45(50)49-46)33-22-20-32(21-23-33)35-12-11-26-48-31-35;27-26-28-20-15-16-22-21-13-7-8-14-23(21)25(24(22)17-20,18-9-3-1-4-10-18)19-11-5-2-6-12-19;23-18-12-19(22-20(13-18)26-11-2-1-5-21(26)25-22)16-8-6-15(7-9-16)17-4-3-10-24-14-17/h1-31H;1-17,27H;1-14H/p+2. The first-order valence-electron chi connectivity index (χ1n) is 34.9. The number of H-pyrrole nitrogens is 2. The fourth-order valence-electron chi connectivity index (χ4n) is 16.2. The van der Waals surface area contributed by atoms with Gasteiger partial charge in [-0.15, -0.1) is 0 Å². The fraction of sp³-hybridized carbons (Fsp3) is 0.0213. The highest BCUT2D eigenvalue weighted by molar-refractivity contribution is 6.31. The minimum Gasteiger partial charge on any atom is -0.537 e. The molecule has 1 radical (unpaired) electrons. The predicted octanol–water partition coefficient (Wildman–Crippen LogP) is 20.9. The van der Waals surface area contributed by atoms with Crippen LogP contribution >= 0.6 is 11.6 Å². The smallest absolute Gasteiger partial charge is 0.537 e. The van der Waals surface area contributed by atoms with Crippen molar-refractivity contribution in [2.75, 3.05) is 0 Å². The second-order valence-electron chi connectivity index (χ2n) is 26.3. The van der Waals surface area contributed by atoms with Crippen LogP contribution in [0.2, 0.25) is 5.02 Å². The minimum absolute atomic E-state index is 0.441. The maximum atomic E-state index is 9.16. The van der Waals surface area contributed by atoms with Crippen LogP contribution in [0.25, 0.3) is 111 Å². The van der Waals surface area contributed by atoms with E-state index in [2.05, 4.69) is 314 Å². The summed E-state index contributed by atoms with van der Waals surface area (Å²) >= 11 is 6.42. The summed E-state index contributed by atoms with van der Waals surface area (Å²) in [6, 6.07) is 120. The zero-order valence-corrected chi connectivity index (χ0v) is 57.2. The minimum atomic E-state index is -0.449. The number of benzene rings is 12.